The average Bonchev–Trinajstić information content (AvgIpc) is 3.28. The molecule has 1 heterocycles. The van der Waals surface area contributed by atoms with Gasteiger partial charge in [-0.3, -0.25) is 4.79 Å². The number of alkyl halides is 3. The van der Waals surface area contributed by atoms with Crippen LogP contribution in [-0.2, 0) is 17.4 Å². The predicted molar refractivity (Wildman–Crippen MR) is 122 cm³/mol. The van der Waals surface area contributed by atoms with E-state index in [1.807, 2.05) is 30.3 Å². The molecule has 0 radical (unpaired) electrons. The number of halogens is 3. The molecule has 9 heteroatoms. The van der Waals surface area contributed by atoms with Crippen molar-refractivity contribution in [3.05, 3.63) is 90.0 Å². The summed E-state index contributed by atoms with van der Waals surface area (Å²) in [6.45, 7) is 0. The van der Waals surface area contributed by atoms with Crippen LogP contribution in [0.5, 0.6) is 6.01 Å². The Hall–Kier alpha value is -4.14. The van der Waals surface area contributed by atoms with Crippen LogP contribution in [-0.4, -0.2) is 27.8 Å². The van der Waals surface area contributed by atoms with E-state index in [1.165, 1.54) is 23.9 Å². The number of hydrogen-bond acceptors (Lipinski definition) is 4. The molecule has 6 nitrogen and oxygen atoms in total. The third kappa shape index (κ3) is 5.43. The largest absolute Gasteiger partial charge is 0.466 e. The van der Waals surface area contributed by atoms with E-state index in [1.54, 1.807) is 24.3 Å². The van der Waals surface area contributed by atoms with Gasteiger partial charge in [-0.05, 0) is 48.4 Å². The summed E-state index contributed by atoms with van der Waals surface area (Å²) in [5.41, 5.74) is 2.01. The molecular weight excluding hydrogens is 445 g/mol. The number of carbonyl (C=O) groups is 1. The molecule has 1 N–H and O–H groups in total. The number of ether oxygens (including phenoxy) is 1. The molecule has 3 aromatic carbocycles. The number of methoxy groups -OCH3 is 1. The van der Waals surface area contributed by atoms with Gasteiger partial charge in [0.25, 0.3) is 0 Å². The zero-order valence-electron chi connectivity index (χ0n) is 18.2. The third-order valence-corrected chi connectivity index (χ3v) is 5.12. The van der Waals surface area contributed by atoms with Crippen LogP contribution in [0.4, 0.5) is 18.9 Å². The van der Waals surface area contributed by atoms with Gasteiger partial charge < -0.3 is 10.1 Å². The summed E-state index contributed by atoms with van der Waals surface area (Å²) in [5, 5.41) is 7.13. The van der Waals surface area contributed by atoms with Crippen LogP contribution in [0.2, 0.25) is 0 Å². The first-order valence-corrected chi connectivity index (χ1v) is 10.5. The monoisotopic (exact) mass is 466 g/mol. The van der Waals surface area contributed by atoms with Gasteiger partial charge in [-0.25, -0.2) is 4.68 Å². The highest BCUT2D eigenvalue weighted by molar-refractivity contribution is 5.90. The Morgan fingerprint density at radius 2 is 1.65 bits per heavy atom. The van der Waals surface area contributed by atoms with Crippen molar-refractivity contribution in [3.63, 3.8) is 0 Å². The molecule has 0 saturated carbocycles. The smallest absolute Gasteiger partial charge is 0.416 e. The molecule has 4 rings (SSSR count). The number of rotatable bonds is 7. The molecule has 0 bridgehead atoms. The first-order chi connectivity index (χ1) is 16.3. The second-order valence-corrected chi connectivity index (χ2v) is 7.49. The number of amides is 1. The standard InChI is InChI=1S/C25H21F3N4O2/c1-34-24-30-23(18-8-10-19(11-9-18)25(26,27)28)32(31-24)21-14-12-20(13-15-21)29-22(33)16-7-17-5-3-2-4-6-17/h2-6,8-15H,7,16H2,1H3,(H,29,33). The Morgan fingerprint density at radius 1 is 0.971 bits per heavy atom. The lowest BCUT2D eigenvalue weighted by Crippen LogP contribution is -2.12. The summed E-state index contributed by atoms with van der Waals surface area (Å²) in [4.78, 5) is 16.6. The highest BCUT2D eigenvalue weighted by Crippen LogP contribution is 2.31. The lowest BCUT2D eigenvalue weighted by atomic mass is 10.1. The summed E-state index contributed by atoms with van der Waals surface area (Å²) in [5.74, 6) is 0.217. The lowest BCUT2D eigenvalue weighted by molar-refractivity contribution is -0.137. The van der Waals surface area contributed by atoms with E-state index in [0.717, 1.165) is 17.7 Å². The van der Waals surface area contributed by atoms with Crippen molar-refractivity contribution in [1.82, 2.24) is 14.8 Å². The van der Waals surface area contributed by atoms with E-state index in [0.29, 0.717) is 35.6 Å². The van der Waals surface area contributed by atoms with Crippen molar-refractivity contribution in [3.8, 4) is 23.1 Å². The molecule has 0 fully saturated rings. The van der Waals surface area contributed by atoms with Gasteiger partial charge in [0.15, 0.2) is 5.82 Å². The minimum atomic E-state index is -4.43. The second-order valence-electron chi connectivity index (χ2n) is 7.49. The average molecular weight is 466 g/mol. The maximum Gasteiger partial charge on any atom is 0.416 e. The van der Waals surface area contributed by atoms with Crippen molar-refractivity contribution < 1.29 is 22.7 Å². The van der Waals surface area contributed by atoms with Crippen LogP contribution in [0.1, 0.15) is 17.5 Å². The zero-order valence-corrected chi connectivity index (χ0v) is 18.2. The third-order valence-electron chi connectivity index (χ3n) is 5.12. The quantitative estimate of drug-likeness (QED) is 0.389. The normalized spacial score (nSPS) is 11.3. The Bertz CT molecular complexity index is 1250. The van der Waals surface area contributed by atoms with Gasteiger partial charge in [0, 0.05) is 17.7 Å². The molecule has 0 aliphatic rings. The van der Waals surface area contributed by atoms with Crippen molar-refractivity contribution in [1.29, 1.82) is 0 Å². The number of anilines is 1. The summed E-state index contributed by atoms with van der Waals surface area (Å²) < 4.78 is 45.3. The molecule has 0 aliphatic heterocycles. The molecular formula is C25H21F3N4O2. The molecule has 1 amide bonds. The molecule has 174 valence electrons. The first kappa shape index (κ1) is 23.0. The second kappa shape index (κ2) is 9.78. The summed E-state index contributed by atoms with van der Waals surface area (Å²) in [6, 6.07) is 21.4. The topological polar surface area (TPSA) is 69.0 Å². The Balaban J connectivity index is 1.50. The number of hydrogen-bond donors (Lipinski definition) is 1. The van der Waals surface area contributed by atoms with E-state index >= 15 is 0 Å². The van der Waals surface area contributed by atoms with Gasteiger partial charge in [0.1, 0.15) is 0 Å². The highest BCUT2D eigenvalue weighted by Gasteiger charge is 2.30. The van der Waals surface area contributed by atoms with Gasteiger partial charge in [-0.2, -0.15) is 18.2 Å². The highest BCUT2D eigenvalue weighted by atomic mass is 19.4. The minimum absolute atomic E-state index is 0.0770. The van der Waals surface area contributed by atoms with E-state index in [9.17, 15) is 18.0 Å². The summed E-state index contributed by atoms with van der Waals surface area (Å²) >= 11 is 0. The van der Waals surface area contributed by atoms with Crippen molar-refractivity contribution in [2.75, 3.05) is 12.4 Å². The SMILES string of the molecule is COc1nc(-c2ccc(C(F)(F)F)cc2)n(-c2ccc(NC(=O)CCc3ccccc3)cc2)n1. The molecule has 34 heavy (non-hydrogen) atoms. The maximum atomic E-state index is 12.9. The number of carbonyl (C=O) groups excluding carboxylic acids is 1. The van der Waals surface area contributed by atoms with E-state index in [4.69, 9.17) is 4.74 Å². The van der Waals surface area contributed by atoms with Gasteiger partial charge in [-0.1, -0.05) is 42.5 Å². The molecule has 0 aliphatic carbocycles. The van der Waals surface area contributed by atoms with Gasteiger partial charge in [0.05, 0.1) is 18.4 Å². The molecule has 1 aromatic heterocycles. The van der Waals surface area contributed by atoms with E-state index < -0.39 is 11.7 Å². The predicted octanol–water partition coefficient (Wildman–Crippen LogP) is 5.53. The molecule has 4 aromatic rings. The van der Waals surface area contributed by atoms with Crippen LogP contribution < -0.4 is 10.1 Å². The van der Waals surface area contributed by atoms with Crippen LogP contribution in [0, 0.1) is 0 Å². The molecule has 0 atom stereocenters. The van der Waals surface area contributed by atoms with E-state index in [2.05, 4.69) is 15.4 Å². The van der Waals surface area contributed by atoms with Crippen LogP contribution in [0.25, 0.3) is 17.1 Å². The summed E-state index contributed by atoms with van der Waals surface area (Å²) in [6.07, 6.45) is -3.44. The van der Waals surface area contributed by atoms with E-state index in [-0.39, 0.29) is 11.9 Å². The summed E-state index contributed by atoms with van der Waals surface area (Å²) in [7, 11) is 1.41. The Kier molecular flexibility index (Phi) is 6.62. The zero-order chi connectivity index (χ0) is 24.1. The van der Waals surface area contributed by atoms with Gasteiger partial charge in [0.2, 0.25) is 5.91 Å². The minimum Gasteiger partial charge on any atom is -0.466 e. The number of aryl methyl sites for hydroxylation is 1. The number of nitrogens with one attached hydrogen (secondary N) is 1. The number of benzene rings is 3. The molecule has 0 unspecified atom stereocenters. The molecule has 0 spiro atoms. The Morgan fingerprint density at radius 3 is 2.26 bits per heavy atom. The fourth-order valence-corrected chi connectivity index (χ4v) is 3.37. The van der Waals surface area contributed by atoms with Crippen LogP contribution in [0.3, 0.4) is 0 Å². The lowest BCUT2D eigenvalue weighted by Gasteiger charge is -2.10. The maximum absolute atomic E-state index is 12.9. The van der Waals surface area contributed by atoms with Gasteiger partial charge >= 0.3 is 12.2 Å². The fraction of sp³-hybridized carbons (Fsp3) is 0.160. The van der Waals surface area contributed by atoms with Crippen molar-refractivity contribution in [2.24, 2.45) is 0 Å². The van der Waals surface area contributed by atoms with Crippen molar-refractivity contribution >= 4 is 11.6 Å². The Labute approximate surface area is 194 Å². The fourth-order valence-electron chi connectivity index (χ4n) is 3.37. The van der Waals surface area contributed by atoms with Crippen LogP contribution in [0.15, 0.2) is 78.9 Å². The van der Waals surface area contributed by atoms with Crippen LogP contribution >= 0.6 is 0 Å². The number of nitrogens with zero attached hydrogens (tertiary/aromatic N) is 3. The first-order valence-electron chi connectivity index (χ1n) is 10.5. The number of aromatic nitrogens is 3. The molecule has 0 saturated heterocycles. The van der Waals surface area contributed by atoms with Crippen molar-refractivity contribution in [2.45, 2.75) is 19.0 Å². The van der Waals surface area contributed by atoms with Gasteiger partial charge in [-0.15, -0.1) is 5.10 Å².